The molecule has 0 aliphatic heterocycles. The van der Waals surface area contributed by atoms with Crippen LogP contribution in [0.15, 0.2) is 24.3 Å². The summed E-state index contributed by atoms with van der Waals surface area (Å²) in [5.41, 5.74) is 0.0329. The van der Waals surface area contributed by atoms with Gasteiger partial charge in [0, 0.05) is 11.6 Å². The normalized spacial score (nSPS) is 15.4. The summed E-state index contributed by atoms with van der Waals surface area (Å²) in [5, 5.41) is 13.6. The van der Waals surface area contributed by atoms with Crippen LogP contribution >= 0.6 is 11.6 Å². The molecule has 2 N–H and O–H groups in total. The van der Waals surface area contributed by atoms with Crippen LogP contribution in [0.1, 0.15) is 12.5 Å². The van der Waals surface area contributed by atoms with E-state index in [1.54, 1.807) is 19.1 Å². The van der Waals surface area contributed by atoms with E-state index in [1.807, 2.05) is 19.2 Å². The van der Waals surface area contributed by atoms with E-state index in [4.69, 9.17) is 11.6 Å². The van der Waals surface area contributed by atoms with E-state index in [0.717, 1.165) is 5.56 Å². The molecule has 1 aromatic carbocycles. The molecule has 1 aromatic rings. The summed E-state index contributed by atoms with van der Waals surface area (Å²) in [6.07, 6.45) is 0. The molecule has 1 rings (SSSR count). The Hall–Kier alpha value is -0.570. The lowest BCUT2D eigenvalue weighted by atomic mass is 9.96. The molecule has 0 saturated carbocycles. The van der Waals surface area contributed by atoms with Crippen LogP contribution in [0, 0.1) is 0 Å². The SMILES string of the molecule is CNCC(C)(O)c1ccc(Cl)cc1. The smallest absolute Gasteiger partial charge is 0.0992 e. The predicted molar refractivity (Wildman–Crippen MR) is 54.9 cm³/mol. The van der Waals surface area contributed by atoms with Crippen molar-refractivity contribution in [2.45, 2.75) is 12.5 Å². The Balaban J connectivity index is 2.87. The third kappa shape index (κ3) is 2.69. The number of hydrogen-bond acceptors (Lipinski definition) is 2. The van der Waals surface area contributed by atoms with Crippen molar-refractivity contribution in [1.82, 2.24) is 5.32 Å². The fraction of sp³-hybridized carbons (Fsp3) is 0.400. The van der Waals surface area contributed by atoms with Gasteiger partial charge in [0.2, 0.25) is 0 Å². The van der Waals surface area contributed by atoms with E-state index >= 15 is 0 Å². The van der Waals surface area contributed by atoms with Crippen LogP contribution in [0.3, 0.4) is 0 Å². The first-order valence-corrected chi connectivity index (χ1v) is 4.57. The zero-order chi connectivity index (χ0) is 9.90. The molecule has 1 unspecified atom stereocenters. The van der Waals surface area contributed by atoms with E-state index in [2.05, 4.69) is 5.32 Å². The van der Waals surface area contributed by atoms with Crippen molar-refractivity contribution in [3.63, 3.8) is 0 Å². The van der Waals surface area contributed by atoms with Crippen LogP contribution in [0.4, 0.5) is 0 Å². The minimum atomic E-state index is -0.834. The van der Waals surface area contributed by atoms with Crippen molar-refractivity contribution in [2.24, 2.45) is 0 Å². The highest BCUT2D eigenvalue weighted by atomic mass is 35.5. The van der Waals surface area contributed by atoms with Gasteiger partial charge in [-0.3, -0.25) is 0 Å². The molecule has 0 aliphatic carbocycles. The minimum Gasteiger partial charge on any atom is -0.384 e. The molecule has 3 heteroatoms. The molecule has 2 nitrogen and oxygen atoms in total. The van der Waals surface area contributed by atoms with Crippen LogP contribution < -0.4 is 5.32 Å². The van der Waals surface area contributed by atoms with Crippen LogP contribution in [0.25, 0.3) is 0 Å². The highest BCUT2D eigenvalue weighted by molar-refractivity contribution is 6.30. The number of hydrogen-bond donors (Lipinski definition) is 2. The number of rotatable bonds is 3. The average molecular weight is 200 g/mol. The molecule has 0 aliphatic rings. The summed E-state index contributed by atoms with van der Waals surface area (Å²) in [4.78, 5) is 0. The number of halogens is 1. The molecule has 0 bridgehead atoms. The predicted octanol–water partition coefficient (Wildman–Crippen LogP) is 1.77. The maximum absolute atomic E-state index is 9.97. The molecule has 0 spiro atoms. The number of benzene rings is 1. The number of nitrogens with one attached hydrogen (secondary N) is 1. The maximum Gasteiger partial charge on any atom is 0.0992 e. The second kappa shape index (κ2) is 4.09. The quantitative estimate of drug-likeness (QED) is 0.778. The molecule has 13 heavy (non-hydrogen) atoms. The first-order valence-electron chi connectivity index (χ1n) is 4.19. The van der Waals surface area contributed by atoms with E-state index in [-0.39, 0.29) is 0 Å². The third-order valence-corrected chi connectivity index (χ3v) is 2.24. The van der Waals surface area contributed by atoms with Gasteiger partial charge >= 0.3 is 0 Å². The van der Waals surface area contributed by atoms with E-state index in [0.29, 0.717) is 11.6 Å². The molecular formula is C10H14ClNO. The van der Waals surface area contributed by atoms with Gasteiger partial charge in [-0.1, -0.05) is 23.7 Å². The van der Waals surface area contributed by atoms with Crippen molar-refractivity contribution in [2.75, 3.05) is 13.6 Å². The van der Waals surface area contributed by atoms with Gasteiger partial charge in [-0.15, -0.1) is 0 Å². The third-order valence-electron chi connectivity index (χ3n) is 1.99. The van der Waals surface area contributed by atoms with Gasteiger partial charge in [-0.25, -0.2) is 0 Å². The van der Waals surface area contributed by atoms with E-state index in [9.17, 15) is 5.11 Å². The topological polar surface area (TPSA) is 32.3 Å². The van der Waals surface area contributed by atoms with Gasteiger partial charge in [0.1, 0.15) is 0 Å². The Kier molecular flexibility index (Phi) is 3.31. The van der Waals surface area contributed by atoms with Gasteiger partial charge in [-0.2, -0.15) is 0 Å². The lowest BCUT2D eigenvalue weighted by molar-refractivity contribution is 0.0592. The van der Waals surface area contributed by atoms with Crippen molar-refractivity contribution in [3.05, 3.63) is 34.9 Å². The Labute approximate surface area is 83.5 Å². The maximum atomic E-state index is 9.97. The molecular weight excluding hydrogens is 186 g/mol. The minimum absolute atomic E-state index is 0.522. The Morgan fingerprint density at radius 3 is 2.38 bits per heavy atom. The lowest BCUT2D eigenvalue weighted by Crippen LogP contribution is -2.33. The van der Waals surface area contributed by atoms with Crippen LogP contribution in [-0.4, -0.2) is 18.7 Å². The Morgan fingerprint density at radius 1 is 1.38 bits per heavy atom. The summed E-state index contributed by atoms with van der Waals surface area (Å²) >= 11 is 5.74. The van der Waals surface area contributed by atoms with Crippen LogP contribution in [-0.2, 0) is 5.60 Å². The van der Waals surface area contributed by atoms with Crippen molar-refractivity contribution < 1.29 is 5.11 Å². The van der Waals surface area contributed by atoms with Crippen molar-refractivity contribution >= 4 is 11.6 Å². The number of aliphatic hydroxyl groups is 1. The average Bonchev–Trinajstić information content (AvgIpc) is 2.05. The van der Waals surface area contributed by atoms with Gasteiger partial charge in [0.15, 0.2) is 0 Å². The second-order valence-electron chi connectivity index (χ2n) is 3.31. The highest BCUT2D eigenvalue weighted by Gasteiger charge is 2.21. The lowest BCUT2D eigenvalue weighted by Gasteiger charge is -2.23. The fourth-order valence-corrected chi connectivity index (χ4v) is 1.38. The summed E-state index contributed by atoms with van der Waals surface area (Å²) in [6, 6.07) is 7.22. The first kappa shape index (κ1) is 10.5. The molecule has 1 atom stereocenters. The highest BCUT2D eigenvalue weighted by Crippen LogP contribution is 2.21. The molecule has 0 aromatic heterocycles. The van der Waals surface area contributed by atoms with Gasteiger partial charge < -0.3 is 10.4 Å². The summed E-state index contributed by atoms with van der Waals surface area (Å²) in [6.45, 7) is 2.29. The first-order chi connectivity index (χ1) is 6.06. The molecule has 0 radical (unpaired) electrons. The monoisotopic (exact) mass is 199 g/mol. The Bertz CT molecular complexity index is 269. The molecule has 0 amide bonds. The second-order valence-corrected chi connectivity index (χ2v) is 3.75. The van der Waals surface area contributed by atoms with Gasteiger partial charge in [-0.05, 0) is 31.7 Å². The van der Waals surface area contributed by atoms with Gasteiger partial charge in [0.05, 0.1) is 5.60 Å². The molecule has 0 fully saturated rings. The van der Waals surface area contributed by atoms with E-state index < -0.39 is 5.60 Å². The Morgan fingerprint density at radius 2 is 1.92 bits per heavy atom. The molecule has 72 valence electrons. The summed E-state index contributed by atoms with van der Waals surface area (Å²) in [7, 11) is 1.81. The zero-order valence-corrected chi connectivity index (χ0v) is 8.60. The summed E-state index contributed by atoms with van der Waals surface area (Å²) in [5.74, 6) is 0. The molecule has 0 saturated heterocycles. The van der Waals surface area contributed by atoms with Crippen LogP contribution in [0.5, 0.6) is 0 Å². The summed E-state index contributed by atoms with van der Waals surface area (Å²) < 4.78 is 0. The van der Waals surface area contributed by atoms with Crippen LogP contribution in [0.2, 0.25) is 5.02 Å². The van der Waals surface area contributed by atoms with E-state index in [1.165, 1.54) is 0 Å². The standard InChI is InChI=1S/C10H14ClNO/c1-10(13,7-12-2)8-3-5-9(11)6-4-8/h3-6,12-13H,7H2,1-2H3. The van der Waals surface area contributed by atoms with Crippen molar-refractivity contribution in [3.8, 4) is 0 Å². The zero-order valence-electron chi connectivity index (χ0n) is 7.84. The largest absolute Gasteiger partial charge is 0.384 e. The number of likely N-dealkylation sites (N-methyl/N-ethyl adjacent to an activating group) is 1. The molecule has 0 heterocycles. The van der Waals surface area contributed by atoms with Crippen molar-refractivity contribution in [1.29, 1.82) is 0 Å². The van der Waals surface area contributed by atoms with Gasteiger partial charge in [0.25, 0.3) is 0 Å². The fourth-order valence-electron chi connectivity index (χ4n) is 1.26.